The first-order valence-electron chi connectivity index (χ1n) is 8.20. The molecule has 1 amide bonds. The molecule has 132 valence electrons. The molecule has 3 heterocycles. The molecule has 0 radical (unpaired) electrons. The smallest absolute Gasteiger partial charge is 0.299 e. The molecule has 1 N–H and O–H groups in total. The number of hydrogen-bond acceptors (Lipinski definition) is 5. The number of aryl methyl sites for hydroxylation is 2. The van der Waals surface area contributed by atoms with Crippen LogP contribution in [0.15, 0.2) is 41.2 Å². The molecule has 3 aromatic heterocycles. The molecule has 7 nitrogen and oxygen atoms in total. The maximum atomic E-state index is 12.8. The molecule has 0 saturated heterocycles. The summed E-state index contributed by atoms with van der Waals surface area (Å²) in [7, 11) is 0. The van der Waals surface area contributed by atoms with E-state index in [-0.39, 0.29) is 18.0 Å². The van der Waals surface area contributed by atoms with Crippen molar-refractivity contribution in [3.8, 4) is 0 Å². The molecule has 0 fully saturated rings. The van der Waals surface area contributed by atoms with Gasteiger partial charge in [0, 0.05) is 12.2 Å². The highest BCUT2D eigenvalue weighted by atomic mass is 32.1. The van der Waals surface area contributed by atoms with Gasteiger partial charge in [0.1, 0.15) is 17.1 Å². The van der Waals surface area contributed by atoms with E-state index in [0.717, 1.165) is 16.3 Å². The molecule has 0 spiro atoms. The summed E-state index contributed by atoms with van der Waals surface area (Å²) in [6, 6.07) is 11.5. The first kappa shape index (κ1) is 16.5. The molecule has 4 aromatic rings. The minimum atomic E-state index is -0.252. The van der Waals surface area contributed by atoms with Crippen molar-refractivity contribution >= 4 is 33.2 Å². The fourth-order valence-corrected chi connectivity index (χ4v) is 3.69. The predicted molar refractivity (Wildman–Crippen MR) is 100 cm³/mol. The quantitative estimate of drug-likeness (QED) is 0.598. The first-order chi connectivity index (χ1) is 12.5. The van der Waals surface area contributed by atoms with E-state index in [9.17, 15) is 9.59 Å². The number of nitrogens with zero attached hydrogens (tertiary/aromatic N) is 4. The van der Waals surface area contributed by atoms with Crippen LogP contribution in [0.25, 0.3) is 16.0 Å². The number of amides is 1. The Bertz CT molecular complexity index is 1170. The Labute approximate surface area is 152 Å². The van der Waals surface area contributed by atoms with Crippen LogP contribution in [0, 0.1) is 13.8 Å². The van der Waals surface area contributed by atoms with Crippen LogP contribution < -0.4 is 10.9 Å². The monoisotopic (exact) mass is 367 g/mol. The van der Waals surface area contributed by atoms with Crippen molar-refractivity contribution < 1.29 is 4.79 Å². The van der Waals surface area contributed by atoms with Crippen molar-refractivity contribution in [3.63, 3.8) is 0 Å². The molecule has 0 bridgehead atoms. The van der Waals surface area contributed by atoms with Gasteiger partial charge in [-0.2, -0.15) is 9.61 Å². The van der Waals surface area contributed by atoms with E-state index in [1.807, 2.05) is 50.2 Å². The van der Waals surface area contributed by atoms with Crippen molar-refractivity contribution in [1.82, 2.24) is 24.5 Å². The molecule has 4 rings (SSSR count). The minimum absolute atomic E-state index is 0.0638. The highest BCUT2D eigenvalue weighted by Gasteiger charge is 2.17. The number of nitrogens with one attached hydrogen (secondary N) is 1. The van der Waals surface area contributed by atoms with E-state index < -0.39 is 0 Å². The van der Waals surface area contributed by atoms with Gasteiger partial charge in [-0.15, -0.1) is 0 Å². The van der Waals surface area contributed by atoms with Gasteiger partial charge in [-0.25, -0.2) is 4.98 Å². The van der Waals surface area contributed by atoms with Crippen molar-refractivity contribution in [2.45, 2.75) is 26.9 Å². The van der Waals surface area contributed by atoms with E-state index in [1.165, 1.54) is 15.9 Å². The van der Waals surface area contributed by atoms with Gasteiger partial charge in [0.25, 0.3) is 5.56 Å². The Morgan fingerprint density at radius 2 is 2.00 bits per heavy atom. The summed E-state index contributed by atoms with van der Waals surface area (Å²) in [5.74, 6) is -0.159. The number of hydrogen-bond donors (Lipinski definition) is 1. The van der Waals surface area contributed by atoms with Crippen LogP contribution in [0.1, 0.15) is 16.3 Å². The molecule has 26 heavy (non-hydrogen) atoms. The fraction of sp³-hybridized carbons (Fsp3) is 0.222. The third-order valence-corrected chi connectivity index (χ3v) is 5.01. The van der Waals surface area contributed by atoms with Crippen LogP contribution in [0.4, 0.5) is 0 Å². The molecule has 0 saturated carbocycles. The second kappa shape index (κ2) is 6.38. The lowest BCUT2D eigenvalue weighted by Gasteiger charge is -2.09. The number of carbonyl (C=O) groups is 1. The number of benzene rings is 1. The summed E-state index contributed by atoms with van der Waals surface area (Å²) in [5.41, 5.74) is 2.58. The van der Waals surface area contributed by atoms with E-state index in [0.29, 0.717) is 22.5 Å². The summed E-state index contributed by atoms with van der Waals surface area (Å²) < 4.78 is 3.01. The van der Waals surface area contributed by atoms with Gasteiger partial charge in [-0.3, -0.25) is 9.59 Å². The predicted octanol–water partition coefficient (Wildman–Crippen LogP) is 2.04. The highest BCUT2D eigenvalue weighted by Crippen LogP contribution is 2.18. The Hall–Kier alpha value is -3.00. The van der Waals surface area contributed by atoms with E-state index in [1.54, 1.807) is 4.57 Å². The maximum absolute atomic E-state index is 12.8. The van der Waals surface area contributed by atoms with Crippen LogP contribution >= 0.6 is 11.3 Å². The van der Waals surface area contributed by atoms with Gasteiger partial charge in [-0.05, 0) is 25.5 Å². The highest BCUT2D eigenvalue weighted by molar-refractivity contribution is 7.16. The summed E-state index contributed by atoms with van der Waals surface area (Å²) >= 11 is 1.37. The maximum Gasteiger partial charge on any atom is 0.299 e. The third kappa shape index (κ3) is 2.88. The topological polar surface area (TPSA) is 81.3 Å². The second-order valence-electron chi connectivity index (χ2n) is 6.10. The van der Waals surface area contributed by atoms with Crippen molar-refractivity contribution in [2.75, 3.05) is 0 Å². The normalized spacial score (nSPS) is 11.3. The van der Waals surface area contributed by atoms with Crippen molar-refractivity contribution in [3.05, 3.63) is 63.0 Å². The summed E-state index contributed by atoms with van der Waals surface area (Å²) in [4.78, 5) is 30.3. The van der Waals surface area contributed by atoms with Crippen molar-refractivity contribution in [1.29, 1.82) is 0 Å². The largest absolute Gasteiger partial charge is 0.350 e. The van der Waals surface area contributed by atoms with Crippen LogP contribution in [-0.2, 0) is 17.9 Å². The SMILES string of the molecule is Cc1nn2c(=O)c3c(cc(C)n3CC(=O)NCc3ccccc3)nc2s1. The summed E-state index contributed by atoms with van der Waals surface area (Å²) in [6.45, 7) is 4.21. The third-order valence-electron chi connectivity index (χ3n) is 4.19. The fourth-order valence-electron chi connectivity index (χ4n) is 2.95. The van der Waals surface area contributed by atoms with E-state index >= 15 is 0 Å². The lowest BCUT2D eigenvalue weighted by molar-refractivity contribution is -0.121. The Morgan fingerprint density at radius 1 is 1.23 bits per heavy atom. The van der Waals surface area contributed by atoms with Gasteiger partial charge in [0.05, 0.1) is 5.52 Å². The van der Waals surface area contributed by atoms with Crippen molar-refractivity contribution in [2.24, 2.45) is 0 Å². The summed E-state index contributed by atoms with van der Waals surface area (Å²) in [5, 5.41) is 7.87. The minimum Gasteiger partial charge on any atom is -0.350 e. The average molecular weight is 367 g/mol. The molecular formula is C18H17N5O2S. The number of carbonyl (C=O) groups excluding carboxylic acids is 1. The summed E-state index contributed by atoms with van der Waals surface area (Å²) in [6.07, 6.45) is 0. The zero-order valence-electron chi connectivity index (χ0n) is 14.4. The molecule has 8 heteroatoms. The lowest BCUT2D eigenvalue weighted by Crippen LogP contribution is -2.29. The Balaban J connectivity index is 1.65. The Kier molecular flexibility index (Phi) is 4.04. The standard InChI is InChI=1S/C18H17N5O2S/c1-11-8-14-16(17(25)23-18(20-14)26-12(2)21-23)22(11)10-15(24)19-9-13-6-4-3-5-7-13/h3-8H,9-10H2,1-2H3,(H,19,24). The van der Waals surface area contributed by atoms with E-state index in [2.05, 4.69) is 15.4 Å². The molecular weight excluding hydrogens is 350 g/mol. The zero-order valence-corrected chi connectivity index (χ0v) is 15.2. The van der Waals surface area contributed by atoms with Crippen LogP contribution in [0.3, 0.4) is 0 Å². The van der Waals surface area contributed by atoms with Gasteiger partial charge < -0.3 is 9.88 Å². The van der Waals surface area contributed by atoms with Gasteiger partial charge >= 0.3 is 0 Å². The first-order valence-corrected chi connectivity index (χ1v) is 9.01. The van der Waals surface area contributed by atoms with E-state index in [4.69, 9.17) is 0 Å². The number of rotatable bonds is 4. The van der Waals surface area contributed by atoms with Crippen LogP contribution in [-0.4, -0.2) is 25.1 Å². The second-order valence-corrected chi connectivity index (χ2v) is 7.26. The number of aromatic nitrogens is 4. The molecule has 0 aliphatic heterocycles. The molecule has 0 unspecified atom stereocenters. The number of fused-ring (bicyclic) bond motifs is 2. The lowest BCUT2D eigenvalue weighted by atomic mass is 10.2. The molecule has 1 aromatic carbocycles. The van der Waals surface area contributed by atoms with Crippen LogP contribution in [0.2, 0.25) is 0 Å². The molecule has 0 aliphatic carbocycles. The molecule has 0 aliphatic rings. The average Bonchev–Trinajstić information content (AvgIpc) is 3.14. The van der Waals surface area contributed by atoms with Gasteiger partial charge in [-0.1, -0.05) is 41.7 Å². The van der Waals surface area contributed by atoms with Gasteiger partial charge in [0.2, 0.25) is 10.9 Å². The Morgan fingerprint density at radius 3 is 2.77 bits per heavy atom. The molecule has 0 atom stereocenters. The van der Waals surface area contributed by atoms with Gasteiger partial charge in [0.15, 0.2) is 0 Å². The zero-order chi connectivity index (χ0) is 18.3. The van der Waals surface area contributed by atoms with Crippen LogP contribution in [0.5, 0.6) is 0 Å².